The lowest BCUT2D eigenvalue weighted by molar-refractivity contribution is 0.178. The van der Waals surface area contributed by atoms with E-state index in [0.717, 1.165) is 38.3 Å². The van der Waals surface area contributed by atoms with Gasteiger partial charge in [0, 0.05) is 18.7 Å². The van der Waals surface area contributed by atoms with Gasteiger partial charge in [-0.05, 0) is 49.9 Å². The van der Waals surface area contributed by atoms with Gasteiger partial charge in [0.2, 0.25) is 0 Å². The fraction of sp³-hybridized carbons (Fsp3) is 0.444. The third kappa shape index (κ3) is 4.85. The lowest BCUT2D eigenvalue weighted by Crippen LogP contribution is -2.30. The first-order valence-corrected chi connectivity index (χ1v) is 11.9. The molecule has 1 N–H and O–H groups in total. The Bertz CT molecular complexity index is 962. The van der Waals surface area contributed by atoms with Crippen molar-refractivity contribution < 1.29 is 5.11 Å². The first-order valence-electron chi connectivity index (χ1n) is 11.9. The Balaban J connectivity index is 1.69. The average molecular weight is 418 g/mol. The van der Waals surface area contributed by atoms with E-state index in [2.05, 4.69) is 53.6 Å². The minimum absolute atomic E-state index is 0.331. The van der Waals surface area contributed by atoms with Gasteiger partial charge in [0.05, 0.1) is 17.4 Å². The van der Waals surface area contributed by atoms with Crippen LogP contribution in [0.5, 0.6) is 5.75 Å². The summed E-state index contributed by atoms with van der Waals surface area (Å²) in [5.74, 6) is 1.46. The van der Waals surface area contributed by atoms with Gasteiger partial charge in [-0.3, -0.25) is 4.90 Å². The monoisotopic (exact) mass is 417 g/mol. The molecule has 0 fully saturated rings. The predicted octanol–water partition coefficient (Wildman–Crippen LogP) is 6.35. The lowest BCUT2D eigenvalue weighted by atomic mass is 10.1. The molecule has 0 radical (unpaired) electrons. The second-order valence-corrected chi connectivity index (χ2v) is 8.68. The van der Waals surface area contributed by atoms with E-state index in [-0.39, 0.29) is 0 Å². The van der Waals surface area contributed by atoms with Crippen LogP contribution in [0.4, 0.5) is 0 Å². The first-order chi connectivity index (χ1) is 15.2. The van der Waals surface area contributed by atoms with Gasteiger partial charge in [-0.15, -0.1) is 0 Å². The number of nitrogens with zero attached hydrogens (tertiary/aromatic N) is 3. The highest BCUT2D eigenvalue weighted by atomic mass is 16.3. The summed E-state index contributed by atoms with van der Waals surface area (Å²) in [5.41, 5.74) is 5.19. The topological polar surface area (TPSA) is 41.3 Å². The maximum atomic E-state index is 9.68. The molecule has 1 aliphatic rings. The van der Waals surface area contributed by atoms with Crippen LogP contribution in [-0.4, -0.2) is 26.1 Å². The van der Waals surface area contributed by atoms with Crippen LogP contribution in [0, 0.1) is 0 Å². The average Bonchev–Trinajstić information content (AvgIpc) is 3.37. The van der Waals surface area contributed by atoms with Gasteiger partial charge >= 0.3 is 0 Å². The molecule has 0 spiro atoms. The molecule has 164 valence electrons. The molecule has 1 heterocycles. The molecule has 1 unspecified atom stereocenters. The summed E-state index contributed by atoms with van der Waals surface area (Å²) in [6.45, 7) is 7.54. The molecular formula is C27H35N3O. The van der Waals surface area contributed by atoms with Gasteiger partial charge < -0.3 is 9.67 Å². The Hall–Kier alpha value is -2.59. The standard InChI is InChI=1S/C27H35N3O/c1-3-5-18-29(20-21-12-14-23(31)15-13-21)25-17-16-24-26(25)30(19-6-4-2)27(28-24)22-10-8-7-9-11-22/h7-15,25,31H,3-6,16-20H2,1-2H3. The van der Waals surface area contributed by atoms with Crippen LogP contribution in [0.15, 0.2) is 54.6 Å². The van der Waals surface area contributed by atoms with Gasteiger partial charge in [-0.25, -0.2) is 4.98 Å². The number of hydrogen-bond donors (Lipinski definition) is 1. The first kappa shape index (κ1) is 21.6. The summed E-state index contributed by atoms with van der Waals surface area (Å²) >= 11 is 0. The van der Waals surface area contributed by atoms with Crippen LogP contribution in [-0.2, 0) is 19.5 Å². The van der Waals surface area contributed by atoms with E-state index in [4.69, 9.17) is 4.98 Å². The van der Waals surface area contributed by atoms with E-state index in [1.807, 2.05) is 12.1 Å². The Labute approximate surface area is 186 Å². The fourth-order valence-corrected chi connectivity index (χ4v) is 4.73. The minimum atomic E-state index is 0.331. The van der Waals surface area contributed by atoms with Crippen molar-refractivity contribution in [2.75, 3.05) is 6.54 Å². The maximum Gasteiger partial charge on any atom is 0.140 e. The van der Waals surface area contributed by atoms with Gasteiger partial charge in [-0.1, -0.05) is 69.2 Å². The van der Waals surface area contributed by atoms with Crippen molar-refractivity contribution in [2.24, 2.45) is 0 Å². The molecule has 4 heteroatoms. The second-order valence-electron chi connectivity index (χ2n) is 8.68. The number of unbranched alkanes of at least 4 members (excludes halogenated alkanes) is 2. The Morgan fingerprint density at radius 2 is 1.74 bits per heavy atom. The minimum Gasteiger partial charge on any atom is -0.508 e. The van der Waals surface area contributed by atoms with Gasteiger partial charge in [0.1, 0.15) is 11.6 Å². The number of aromatic nitrogens is 2. The molecule has 1 aromatic heterocycles. The highest BCUT2D eigenvalue weighted by molar-refractivity contribution is 5.57. The number of fused-ring (bicyclic) bond motifs is 1. The van der Waals surface area contributed by atoms with Crippen molar-refractivity contribution in [1.82, 2.24) is 14.5 Å². The zero-order valence-corrected chi connectivity index (χ0v) is 18.9. The molecule has 0 saturated carbocycles. The molecule has 0 amide bonds. The molecule has 0 bridgehead atoms. The molecule has 4 nitrogen and oxygen atoms in total. The number of imidazole rings is 1. The Kier molecular flexibility index (Phi) is 7.08. The maximum absolute atomic E-state index is 9.68. The predicted molar refractivity (Wildman–Crippen MR) is 127 cm³/mol. The van der Waals surface area contributed by atoms with Crippen molar-refractivity contribution in [3.8, 4) is 17.1 Å². The van der Waals surface area contributed by atoms with E-state index in [1.165, 1.54) is 48.2 Å². The van der Waals surface area contributed by atoms with Crippen LogP contribution in [0.25, 0.3) is 11.4 Å². The Morgan fingerprint density at radius 1 is 1.00 bits per heavy atom. The molecule has 0 aliphatic heterocycles. The van der Waals surface area contributed by atoms with Crippen LogP contribution < -0.4 is 0 Å². The van der Waals surface area contributed by atoms with Crippen LogP contribution in [0.2, 0.25) is 0 Å². The van der Waals surface area contributed by atoms with E-state index < -0.39 is 0 Å². The summed E-state index contributed by atoms with van der Waals surface area (Å²) < 4.78 is 2.52. The molecule has 3 aromatic rings. The van der Waals surface area contributed by atoms with Crippen LogP contribution >= 0.6 is 0 Å². The molecule has 2 aromatic carbocycles. The van der Waals surface area contributed by atoms with E-state index in [1.54, 1.807) is 12.1 Å². The fourth-order valence-electron chi connectivity index (χ4n) is 4.73. The van der Waals surface area contributed by atoms with E-state index in [0.29, 0.717) is 11.8 Å². The van der Waals surface area contributed by atoms with Gasteiger partial charge in [-0.2, -0.15) is 0 Å². The summed E-state index contributed by atoms with van der Waals surface area (Å²) in [6, 6.07) is 18.7. The van der Waals surface area contributed by atoms with Gasteiger partial charge in [0.15, 0.2) is 0 Å². The van der Waals surface area contributed by atoms with Gasteiger partial charge in [0.25, 0.3) is 0 Å². The molecule has 1 aliphatic carbocycles. The molecule has 31 heavy (non-hydrogen) atoms. The largest absolute Gasteiger partial charge is 0.508 e. The summed E-state index contributed by atoms with van der Waals surface area (Å²) in [4.78, 5) is 7.79. The van der Waals surface area contributed by atoms with E-state index >= 15 is 0 Å². The molecule has 0 saturated heterocycles. The highest BCUT2D eigenvalue weighted by Crippen LogP contribution is 2.39. The molecular weight excluding hydrogens is 382 g/mol. The quantitative estimate of drug-likeness (QED) is 0.418. The third-order valence-electron chi connectivity index (χ3n) is 6.38. The number of phenolic OH excluding ortho intramolecular Hbond substituents is 1. The van der Waals surface area contributed by atoms with Crippen molar-refractivity contribution in [3.05, 3.63) is 71.5 Å². The second kappa shape index (κ2) is 10.1. The smallest absolute Gasteiger partial charge is 0.140 e. The number of rotatable bonds is 10. The lowest BCUT2D eigenvalue weighted by Gasteiger charge is -2.30. The van der Waals surface area contributed by atoms with Crippen molar-refractivity contribution in [1.29, 1.82) is 0 Å². The van der Waals surface area contributed by atoms with Crippen molar-refractivity contribution in [3.63, 3.8) is 0 Å². The zero-order chi connectivity index (χ0) is 21.6. The highest BCUT2D eigenvalue weighted by Gasteiger charge is 2.34. The van der Waals surface area contributed by atoms with E-state index in [9.17, 15) is 5.11 Å². The summed E-state index contributed by atoms with van der Waals surface area (Å²) in [5, 5.41) is 9.68. The number of aryl methyl sites for hydroxylation is 1. The number of hydrogen-bond acceptors (Lipinski definition) is 3. The van der Waals surface area contributed by atoms with Crippen molar-refractivity contribution >= 4 is 0 Å². The number of phenols is 1. The zero-order valence-electron chi connectivity index (χ0n) is 18.9. The van der Waals surface area contributed by atoms with Crippen LogP contribution in [0.1, 0.15) is 68.9 Å². The normalized spacial score (nSPS) is 15.5. The van der Waals surface area contributed by atoms with Crippen LogP contribution in [0.3, 0.4) is 0 Å². The number of aromatic hydroxyl groups is 1. The van der Waals surface area contributed by atoms with Crippen molar-refractivity contribution in [2.45, 2.75) is 71.5 Å². The summed E-state index contributed by atoms with van der Waals surface area (Å²) in [7, 11) is 0. The third-order valence-corrected chi connectivity index (χ3v) is 6.38. The molecule has 4 rings (SSSR count). The SMILES string of the molecule is CCCCN(Cc1ccc(O)cc1)C1CCc2nc(-c3ccccc3)n(CCCC)c21. The summed E-state index contributed by atoms with van der Waals surface area (Å²) in [6.07, 6.45) is 6.92. The number of benzene rings is 2. The Morgan fingerprint density at radius 3 is 2.45 bits per heavy atom. The molecule has 1 atom stereocenters.